The summed E-state index contributed by atoms with van der Waals surface area (Å²) in [6.07, 6.45) is 17.5. The molecule has 0 radical (unpaired) electrons. The molecule has 1 saturated heterocycles. The monoisotopic (exact) mass is 331 g/mol. The van der Waals surface area contributed by atoms with E-state index in [0.29, 0.717) is 18.7 Å². The van der Waals surface area contributed by atoms with Gasteiger partial charge in [0.15, 0.2) is 0 Å². The Morgan fingerprint density at radius 3 is 2.58 bits per heavy atom. The van der Waals surface area contributed by atoms with Crippen molar-refractivity contribution in [1.29, 1.82) is 0 Å². The Balaban J connectivity index is 1.33. The van der Waals surface area contributed by atoms with E-state index < -0.39 is 0 Å². The van der Waals surface area contributed by atoms with Crippen LogP contribution in [-0.2, 0) is 9.47 Å². The number of allylic oxidation sites excluding steroid dienone is 2. The zero-order chi connectivity index (χ0) is 16.4. The van der Waals surface area contributed by atoms with Crippen LogP contribution >= 0.6 is 0 Å². The summed E-state index contributed by atoms with van der Waals surface area (Å²) in [6, 6.07) is 0.757. The fourth-order valence-electron chi connectivity index (χ4n) is 4.50. The third-order valence-corrected chi connectivity index (χ3v) is 6.03. The van der Waals surface area contributed by atoms with Crippen LogP contribution in [0.5, 0.6) is 0 Å². The van der Waals surface area contributed by atoms with Gasteiger partial charge < -0.3 is 14.4 Å². The van der Waals surface area contributed by atoms with Crippen LogP contribution < -0.4 is 0 Å². The van der Waals surface area contributed by atoms with Gasteiger partial charge in [0.25, 0.3) is 0 Å². The van der Waals surface area contributed by atoms with Crippen molar-refractivity contribution < 1.29 is 14.3 Å². The van der Waals surface area contributed by atoms with Crippen molar-refractivity contribution in [3.63, 3.8) is 0 Å². The molecule has 4 aliphatic rings. The van der Waals surface area contributed by atoms with E-state index >= 15 is 0 Å². The highest BCUT2D eigenvalue weighted by atomic mass is 16.6. The van der Waals surface area contributed by atoms with E-state index in [4.69, 9.17) is 9.47 Å². The van der Waals surface area contributed by atoms with Crippen molar-refractivity contribution in [3.05, 3.63) is 23.8 Å². The number of hydrogen-bond donors (Lipinski definition) is 0. The molecule has 3 fully saturated rings. The lowest BCUT2D eigenvalue weighted by Gasteiger charge is -2.41. The Bertz CT molecular complexity index is 519. The molecule has 0 aromatic rings. The lowest BCUT2D eigenvalue weighted by molar-refractivity contribution is -0.0421. The smallest absolute Gasteiger partial charge is 0.410 e. The highest BCUT2D eigenvalue weighted by Crippen LogP contribution is 2.42. The number of amides is 1. The molecule has 2 saturated carbocycles. The summed E-state index contributed by atoms with van der Waals surface area (Å²) in [5.74, 6) is 0. The molecule has 0 bridgehead atoms. The number of nitrogens with zero attached hydrogens (tertiary/aromatic N) is 1. The molecular formula is C20H29NO3. The summed E-state index contributed by atoms with van der Waals surface area (Å²) >= 11 is 0. The van der Waals surface area contributed by atoms with Crippen molar-refractivity contribution >= 4 is 6.09 Å². The van der Waals surface area contributed by atoms with Gasteiger partial charge in [-0.1, -0.05) is 18.2 Å². The van der Waals surface area contributed by atoms with E-state index in [-0.39, 0.29) is 11.7 Å². The van der Waals surface area contributed by atoms with Gasteiger partial charge in [0.2, 0.25) is 0 Å². The van der Waals surface area contributed by atoms with Crippen LogP contribution in [0.2, 0.25) is 0 Å². The third kappa shape index (κ3) is 3.53. The molecule has 132 valence electrons. The second-order valence-corrected chi connectivity index (χ2v) is 7.82. The van der Waals surface area contributed by atoms with E-state index in [2.05, 4.69) is 23.1 Å². The van der Waals surface area contributed by atoms with Crippen LogP contribution in [0.15, 0.2) is 23.8 Å². The Hall–Kier alpha value is -1.29. The number of carbonyl (C=O) groups is 1. The van der Waals surface area contributed by atoms with Crippen molar-refractivity contribution in [1.82, 2.24) is 4.90 Å². The zero-order valence-electron chi connectivity index (χ0n) is 14.5. The van der Waals surface area contributed by atoms with Crippen LogP contribution in [0, 0.1) is 0 Å². The first-order valence-corrected chi connectivity index (χ1v) is 9.70. The van der Waals surface area contributed by atoms with Gasteiger partial charge in [-0.15, -0.1) is 0 Å². The second kappa shape index (κ2) is 6.91. The molecule has 24 heavy (non-hydrogen) atoms. The minimum absolute atomic E-state index is 0.106. The molecule has 4 heteroatoms. The summed E-state index contributed by atoms with van der Waals surface area (Å²) in [5, 5.41) is 0. The molecule has 4 nitrogen and oxygen atoms in total. The van der Waals surface area contributed by atoms with E-state index in [9.17, 15) is 4.79 Å². The zero-order valence-corrected chi connectivity index (χ0v) is 14.5. The van der Waals surface area contributed by atoms with Crippen molar-refractivity contribution in [2.75, 3.05) is 13.2 Å². The maximum atomic E-state index is 12.7. The van der Waals surface area contributed by atoms with Crippen molar-refractivity contribution in [3.8, 4) is 0 Å². The highest BCUT2D eigenvalue weighted by Gasteiger charge is 2.44. The first kappa shape index (κ1) is 16.2. The normalized spacial score (nSPS) is 32.7. The van der Waals surface area contributed by atoms with Gasteiger partial charge in [-0.2, -0.15) is 0 Å². The molecule has 4 rings (SSSR count). The number of hydrogen-bond acceptors (Lipinski definition) is 3. The molecule has 3 aliphatic carbocycles. The number of ether oxygens (including phenoxy) is 2. The number of rotatable bonds is 4. The van der Waals surface area contributed by atoms with Crippen LogP contribution in [-0.4, -0.2) is 41.9 Å². The van der Waals surface area contributed by atoms with Gasteiger partial charge in [0, 0.05) is 18.7 Å². The Labute approximate surface area is 144 Å². The summed E-state index contributed by atoms with van der Waals surface area (Å²) in [5.41, 5.74) is 1.26. The Morgan fingerprint density at radius 2 is 1.96 bits per heavy atom. The highest BCUT2D eigenvalue weighted by molar-refractivity contribution is 5.69. The molecule has 1 amide bonds. The predicted molar refractivity (Wildman–Crippen MR) is 92.8 cm³/mol. The molecule has 1 spiro atoms. The van der Waals surface area contributed by atoms with Crippen LogP contribution in [0.25, 0.3) is 0 Å². The molecular weight excluding hydrogens is 302 g/mol. The molecule has 1 aliphatic heterocycles. The van der Waals surface area contributed by atoms with E-state index in [1.165, 1.54) is 12.8 Å². The Kier molecular flexibility index (Phi) is 4.66. The van der Waals surface area contributed by atoms with Gasteiger partial charge in [-0.3, -0.25) is 0 Å². The maximum Gasteiger partial charge on any atom is 0.410 e. The van der Waals surface area contributed by atoms with Crippen LogP contribution in [0.1, 0.15) is 64.2 Å². The van der Waals surface area contributed by atoms with Gasteiger partial charge in [-0.05, 0) is 69.8 Å². The third-order valence-electron chi connectivity index (χ3n) is 6.03. The summed E-state index contributed by atoms with van der Waals surface area (Å²) in [4.78, 5) is 14.8. The summed E-state index contributed by atoms with van der Waals surface area (Å²) < 4.78 is 11.7. The van der Waals surface area contributed by atoms with Gasteiger partial charge in [-0.25, -0.2) is 4.79 Å². The van der Waals surface area contributed by atoms with E-state index in [0.717, 1.165) is 63.5 Å². The largest absolute Gasteiger partial charge is 0.445 e. The SMILES string of the molecule is O=C(OCC1=CCCC=C1)N(C1CC1)C1CCC2(CCCO2)CC1. The predicted octanol–water partition coefficient (Wildman–Crippen LogP) is 4.36. The topological polar surface area (TPSA) is 38.8 Å². The van der Waals surface area contributed by atoms with Crippen molar-refractivity contribution in [2.45, 2.75) is 81.9 Å². The minimum atomic E-state index is -0.106. The van der Waals surface area contributed by atoms with Crippen LogP contribution in [0.3, 0.4) is 0 Å². The fourth-order valence-corrected chi connectivity index (χ4v) is 4.50. The molecule has 0 atom stereocenters. The first-order chi connectivity index (χ1) is 11.8. The molecule has 0 aromatic heterocycles. The molecule has 0 N–H and O–H groups in total. The first-order valence-electron chi connectivity index (χ1n) is 9.70. The molecule has 0 aromatic carbocycles. The lowest BCUT2D eigenvalue weighted by atomic mass is 9.80. The van der Waals surface area contributed by atoms with Gasteiger partial charge in [0.1, 0.15) is 6.61 Å². The molecule has 0 unspecified atom stereocenters. The summed E-state index contributed by atoms with van der Waals surface area (Å²) in [6.45, 7) is 1.33. The average molecular weight is 331 g/mol. The average Bonchev–Trinajstić information content (AvgIpc) is 3.35. The van der Waals surface area contributed by atoms with Crippen LogP contribution in [0.4, 0.5) is 4.79 Å². The van der Waals surface area contributed by atoms with E-state index in [1.807, 2.05) is 0 Å². The Morgan fingerprint density at radius 1 is 1.17 bits per heavy atom. The standard InChI is InChI=1S/C20H29NO3/c22-19(23-15-16-5-2-1-3-6-16)21(17-7-8-17)18-9-12-20(13-10-18)11-4-14-24-20/h2,5-6,17-18H,1,3-4,7-15H2. The summed E-state index contributed by atoms with van der Waals surface area (Å²) in [7, 11) is 0. The quantitative estimate of drug-likeness (QED) is 0.768. The second-order valence-electron chi connectivity index (χ2n) is 7.82. The van der Waals surface area contributed by atoms with Crippen molar-refractivity contribution in [2.24, 2.45) is 0 Å². The number of carbonyl (C=O) groups excluding carboxylic acids is 1. The molecule has 1 heterocycles. The van der Waals surface area contributed by atoms with E-state index in [1.54, 1.807) is 0 Å². The lowest BCUT2D eigenvalue weighted by Crippen LogP contribution is -2.47. The van der Waals surface area contributed by atoms with Gasteiger partial charge >= 0.3 is 6.09 Å². The maximum absolute atomic E-state index is 12.7. The minimum Gasteiger partial charge on any atom is -0.445 e. The fraction of sp³-hybridized carbons (Fsp3) is 0.750. The van der Waals surface area contributed by atoms with Gasteiger partial charge in [0.05, 0.1) is 5.60 Å².